The fraction of sp³-hybridized carbons (Fsp3) is 0.444. The fourth-order valence-electron chi connectivity index (χ4n) is 2.96. The van der Waals surface area contributed by atoms with Crippen molar-refractivity contribution in [3.05, 3.63) is 42.0 Å². The van der Waals surface area contributed by atoms with E-state index in [0.29, 0.717) is 12.2 Å². The SMILES string of the molecule is CN(C)c1ccc(CNc2cc(N3CCCCC3)ncn2)cc1F. The lowest BCUT2D eigenvalue weighted by Gasteiger charge is -2.27. The Kier molecular flexibility index (Phi) is 5.13. The van der Waals surface area contributed by atoms with E-state index in [1.807, 2.05) is 26.2 Å². The van der Waals surface area contributed by atoms with E-state index < -0.39 is 0 Å². The van der Waals surface area contributed by atoms with Crippen LogP contribution in [0.15, 0.2) is 30.6 Å². The summed E-state index contributed by atoms with van der Waals surface area (Å²) in [5.41, 5.74) is 1.48. The van der Waals surface area contributed by atoms with Gasteiger partial charge in [-0.05, 0) is 37.0 Å². The molecule has 0 atom stereocenters. The molecular weight excluding hydrogens is 305 g/mol. The molecule has 0 bridgehead atoms. The summed E-state index contributed by atoms with van der Waals surface area (Å²) in [6.07, 6.45) is 5.30. The van der Waals surface area contributed by atoms with E-state index in [1.54, 1.807) is 23.4 Å². The van der Waals surface area contributed by atoms with Gasteiger partial charge < -0.3 is 15.1 Å². The molecule has 128 valence electrons. The summed E-state index contributed by atoms with van der Waals surface area (Å²) < 4.78 is 14.0. The number of halogens is 1. The Morgan fingerprint density at radius 3 is 2.62 bits per heavy atom. The molecule has 0 saturated carbocycles. The zero-order valence-corrected chi connectivity index (χ0v) is 14.3. The standard InChI is InChI=1S/C18H24FN5/c1-23(2)16-7-6-14(10-15(16)19)12-20-17-11-18(22-13-21-17)24-8-4-3-5-9-24/h6-7,10-11,13H,3-5,8-9,12H2,1-2H3,(H,20,21,22). The average Bonchev–Trinajstić information content (AvgIpc) is 2.61. The molecular formula is C18H24FN5. The summed E-state index contributed by atoms with van der Waals surface area (Å²) >= 11 is 0. The van der Waals surface area contributed by atoms with E-state index in [-0.39, 0.29) is 5.82 Å². The molecule has 2 heterocycles. The summed E-state index contributed by atoms with van der Waals surface area (Å²) in [6, 6.07) is 7.26. The van der Waals surface area contributed by atoms with Crippen molar-refractivity contribution in [2.45, 2.75) is 25.8 Å². The van der Waals surface area contributed by atoms with Crippen LogP contribution in [0.1, 0.15) is 24.8 Å². The van der Waals surface area contributed by atoms with Crippen LogP contribution >= 0.6 is 0 Å². The monoisotopic (exact) mass is 329 g/mol. The molecule has 0 unspecified atom stereocenters. The second-order valence-corrected chi connectivity index (χ2v) is 6.34. The maximum absolute atomic E-state index is 14.0. The molecule has 0 spiro atoms. The molecule has 1 N–H and O–H groups in total. The molecule has 1 aromatic carbocycles. The first-order valence-corrected chi connectivity index (χ1v) is 8.40. The van der Waals surface area contributed by atoms with Gasteiger partial charge in [-0.1, -0.05) is 6.07 Å². The molecule has 1 fully saturated rings. The van der Waals surface area contributed by atoms with Gasteiger partial charge in [0.25, 0.3) is 0 Å². The molecule has 0 aliphatic carbocycles. The molecule has 3 rings (SSSR count). The number of aromatic nitrogens is 2. The summed E-state index contributed by atoms with van der Waals surface area (Å²) in [4.78, 5) is 12.7. The van der Waals surface area contributed by atoms with Crippen molar-refractivity contribution in [2.75, 3.05) is 42.3 Å². The van der Waals surface area contributed by atoms with Crippen LogP contribution in [-0.4, -0.2) is 37.2 Å². The molecule has 5 nitrogen and oxygen atoms in total. The zero-order valence-electron chi connectivity index (χ0n) is 14.3. The maximum Gasteiger partial charge on any atom is 0.146 e. The number of hydrogen-bond acceptors (Lipinski definition) is 5. The average molecular weight is 329 g/mol. The van der Waals surface area contributed by atoms with E-state index in [2.05, 4.69) is 20.2 Å². The van der Waals surface area contributed by atoms with Crippen molar-refractivity contribution < 1.29 is 4.39 Å². The highest BCUT2D eigenvalue weighted by Gasteiger charge is 2.12. The number of rotatable bonds is 5. The van der Waals surface area contributed by atoms with Gasteiger partial charge in [-0.3, -0.25) is 0 Å². The third-order valence-corrected chi connectivity index (χ3v) is 4.30. The molecule has 0 radical (unpaired) electrons. The number of benzene rings is 1. The maximum atomic E-state index is 14.0. The molecule has 2 aromatic rings. The number of nitrogens with zero attached hydrogens (tertiary/aromatic N) is 4. The lowest BCUT2D eigenvalue weighted by Crippen LogP contribution is -2.30. The van der Waals surface area contributed by atoms with Crippen LogP contribution in [0.4, 0.5) is 21.7 Å². The fourth-order valence-corrected chi connectivity index (χ4v) is 2.96. The van der Waals surface area contributed by atoms with Crippen molar-refractivity contribution in [3.63, 3.8) is 0 Å². The highest BCUT2D eigenvalue weighted by molar-refractivity contribution is 5.50. The highest BCUT2D eigenvalue weighted by Crippen LogP contribution is 2.21. The first kappa shape index (κ1) is 16.5. The Morgan fingerprint density at radius 1 is 1.12 bits per heavy atom. The predicted octanol–water partition coefficient (Wildman–Crippen LogP) is 3.28. The largest absolute Gasteiger partial charge is 0.375 e. The molecule has 1 aliphatic heterocycles. The van der Waals surface area contributed by atoms with Gasteiger partial charge in [-0.2, -0.15) is 0 Å². The Labute approximate surface area is 142 Å². The summed E-state index contributed by atoms with van der Waals surface area (Å²) in [5, 5.41) is 3.26. The number of nitrogens with one attached hydrogen (secondary N) is 1. The minimum atomic E-state index is -0.212. The smallest absolute Gasteiger partial charge is 0.146 e. The van der Waals surface area contributed by atoms with E-state index >= 15 is 0 Å². The Hall–Kier alpha value is -2.37. The third-order valence-electron chi connectivity index (χ3n) is 4.30. The molecule has 0 amide bonds. The van der Waals surface area contributed by atoms with Crippen LogP contribution in [0.3, 0.4) is 0 Å². The zero-order chi connectivity index (χ0) is 16.9. The van der Waals surface area contributed by atoms with E-state index in [9.17, 15) is 4.39 Å². The van der Waals surface area contributed by atoms with Crippen molar-refractivity contribution in [1.82, 2.24) is 9.97 Å². The predicted molar refractivity (Wildman–Crippen MR) is 96.1 cm³/mol. The first-order valence-electron chi connectivity index (χ1n) is 8.40. The Morgan fingerprint density at radius 2 is 1.92 bits per heavy atom. The third kappa shape index (κ3) is 3.93. The van der Waals surface area contributed by atoms with E-state index in [0.717, 1.165) is 30.3 Å². The topological polar surface area (TPSA) is 44.3 Å². The van der Waals surface area contributed by atoms with Gasteiger partial charge in [0.05, 0.1) is 5.69 Å². The highest BCUT2D eigenvalue weighted by atomic mass is 19.1. The van der Waals surface area contributed by atoms with Gasteiger partial charge in [0.15, 0.2) is 0 Å². The first-order chi connectivity index (χ1) is 11.6. The van der Waals surface area contributed by atoms with Crippen molar-refractivity contribution in [1.29, 1.82) is 0 Å². The Bertz CT molecular complexity index is 683. The summed E-state index contributed by atoms with van der Waals surface area (Å²) in [7, 11) is 3.67. The van der Waals surface area contributed by atoms with Crippen molar-refractivity contribution in [2.24, 2.45) is 0 Å². The summed E-state index contributed by atoms with van der Waals surface area (Å²) in [5.74, 6) is 1.51. The lowest BCUT2D eigenvalue weighted by molar-refractivity contribution is 0.573. The minimum absolute atomic E-state index is 0.212. The molecule has 1 aromatic heterocycles. The quantitative estimate of drug-likeness (QED) is 0.912. The van der Waals surface area contributed by atoms with Gasteiger partial charge in [0, 0.05) is 39.8 Å². The van der Waals surface area contributed by atoms with Gasteiger partial charge in [0.1, 0.15) is 23.8 Å². The van der Waals surface area contributed by atoms with Gasteiger partial charge in [0.2, 0.25) is 0 Å². The second kappa shape index (κ2) is 7.47. The van der Waals surface area contributed by atoms with Crippen LogP contribution in [0.5, 0.6) is 0 Å². The van der Waals surface area contributed by atoms with Crippen molar-refractivity contribution in [3.8, 4) is 0 Å². The van der Waals surface area contributed by atoms with Crippen molar-refractivity contribution >= 4 is 17.3 Å². The normalized spacial score (nSPS) is 14.5. The van der Waals surface area contributed by atoms with Crippen LogP contribution < -0.4 is 15.1 Å². The van der Waals surface area contributed by atoms with E-state index in [4.69, 9.17) is 0 Å². The van der Waals surface area contributed by atoms with Crippen LogP contribution in [0, 0.1) is 5.82 Å². The minimum Gasteiger partial charge on any atom is -0.375 e. The number of piperidine rings is 1. The number of hydrogen-bond donors (Lipinski definition) is 1. The van der Waals surface area contributed by atoms with Crippen LogP contribution in [0.25, 0.3) is 0 Å². The molecule has 24 heavy (non-hydrogen) atoms. The van der Waals surface area contributed by atoms with Gasteiger partial charge >= 0.3 is 0 Å². The van der Waals surface area contributed by atoms with Gasteiger partial charge in [-0.25, -0.2) is 14.4 Å². The summed E-state index contributed by atoms with van der Waals surface area (Å²) in [6.45, 7) is 2.63. The Balaban J connectivity index is 1.65. The molecule has 1 saturated heterocycles. The molecule has 6 heteroatoms. The second-order valence-electron chi connectivity index (χ2n) is 6.34. The van der Waals surface area contributed by atoms with E-state index in [1.165, 1.54) is 19.3 Å². The van der Waals surface area contributed by atoms with Crippen LogP contribution in [-0.2, 0) is 6.54 Å². The lowest BCUT2D eigenvalue weighted by atomic mass is 10.1. The number of anilines is 3. The van der Waals surface area contributed by atoms with Crippen LogP contribution in [0.2, 0.25) is 0 Å². The molecule has 1 aliphatic rings. The van der Waals surface area contributed by atoms with Gasteiger partial charge in [-0.15, -0.1) is 0 Å².